The van der Waals surface area contributed by atoms with Gasteiger partial charge in [0.15, 0.2) is 11.6 Å². The number of hydrogen-bond donors (Lipinski definition) is 1. The molecule has 2 aromatic heterocycles. The van der Waals surface area contributed by atoms with Gasteiger partial charge in [0.25, 0.3) is 0 Å². The minimum absolute atomic E-state index is 0.281. The van der Waals surface area contributed by atoms with Crippen LogP contribution in [0.25, 0.3) is 10.4 Å². The van der Waals surface area contributed by atoms with Gasteiger partial charge in [-0.25, -0.2) is 9.97 Å². The maximum absolute atomic E-state index is 6.17. The largest absolute Gasteiger partial charge is 0.485 e. The monoisotopic (exact) mass is 646 g/mol. The highest BCUT2D eigenvalue weighted by molar-refractivity contribution is 14.2. The first-order valence-electron chi connectivity index (χ1n) is 12.7. The number of piperidine rings is 1. The number of aromatic nitrogens is 2. The average Bonchev–Trinajstić information content (AvgIpc) is 3.59. The Kier molecular flexibility index (Phi) is 8.99. The van der Waals surface area contributed by atoms with Gasteiger partial charge in [0, 0.05) is 29.4 Å². The minimum atomic E-state index is -0.281. The molecule has 1 atom stereocenters. The van der Waals surface area contributed by atoms with E-state index in [1.807, 2.05) is 36.7 Å². The van der Waals surface area contributed by atoms with Crippen LogP contribution in [0.5, 0.6) is 5.75 Å². The van der Waals surface area contributed by atoms with Crippen molar-refractivity contribution in [3.05, 3.63) is 58.9 Å². The third kappa shape index (κ3) is 6.82. The van der Waals surface area contributed by atoms with Crippen LogP contribution >= 0.6 is 39.8 Å². The highest BCUT2D eigenvalue weighted by atomic mass is 127. The molecule has 1 aromatic carbocycles. The molecule has 0 spiro atoms. The van der Waals surface area contributed by atoms with Crippen LogP contribution < -0.4 is 10.5 Å². The van der Waals surface area contributed by atoms with Crippen LogP contribution in [0.3, 0.4) is 0 Å². The SMILES string of the molecule is CN1CCC(c2ncc(-c3cnc(N)c(OCc4cccc(C#CC5(OPI)CCCC5)c4)c3)s2)CC1. The van der Waals surface area contributed by atoms with Crippen molar-refractivity contribution in [1.29, 1.82) is 0 Å². The molecule has 1 aliphatic carbocycles. The normalized spacial score (nSPS) is 18.2. The van der Waals surface area contributed by atoms with E-state index in [0.29, 0.717) is 30.5 Å². The Morgan fingerprint density at radius 3 is 2.78 bits per heavy atom. The highest BCUT2D eigenvalue weighted by Gasteiger charge is 2.32. The molecule has 1 saturated carbocycles. The van der Waals surface area contributed by atoms with Crippen molar-refractivity contribution in [2.75, 3.05) is 25.9 Å². The number of halogens is 1. The summed E-state index contributed by atoms with van der Waals surface area (Å²) in [6.45, 7) is 3.07. The van der Waals surface area contributed by atoms with Gasteiger partial charge in [-0.3, -0.25) is 0 Å². The van der Waals surface area contributed by atoms with Gasteiger partial charge in [0.2, 0.25) is 0 Å². The number of pyridine rings is 1. The van der Waals surface area contributed by atoms with Gasteiger partial charge in [0.1, 0.15) is 12.2 Å². The summed E-state index contributed by atoms with van der Waals surface area (Å²) in [6, 6.07) is 10.2. The highest BCUT2D eigenvalue weighted by Crippen LogP contribution is 2.40. The van der Waals surface area contributed by atoms with Gasteiger partial charge in [-0.2, -0.15) is 0 Å². The van der Waals surface area contributed by atoms with E-state index in [9.17, 15) is 0 Å². The number of rotatable bonds is 7. The second-order valence-electron chi connectivity index (χ2n) is 9.87. The number of thiazole rings is 1. The molecule has 0 radical (unpaired) electrons. The lowest BCUT2D eigenvalue weighted by atomic mass is 9.98. The van der Waals surface area contributed by atoms with E-state index in [1.54, 1.807) is 11.3 Å². The second kappa shape index (κ2) is 12.4. The van der Waals surface area contributed by atoms with Crippen LogP contribution in [0.2, 0.25) is 0 Å². The zero-order chi connectivity index (χ0) is 25.7. The number of hydrogen-bond acceptors (Lipinski definition) is 7. The molecule has 2 N–H and O–H groups in total. The minimum Gasteiger partial charge on any atom is -0.485 e. The number of benzene rings is 1. The van der Waals surface area contributed by atoms with Crippen molar-refractivity contribution < 1.29 is 9.26 Å². The molecular weight excluding hydrogens is 614 g/mol. The summed E-state index contributed by atoms with van der Waals surface area (Å²) >= 11 is 4.04. The van der Waals surface area contributed by atoms with E-state index >= 15 is 0 Å². The van der Waals surface area contributed by atoms with Crippen molar-refractivity contribution in [2.24, 2.45) is 0 Å². The molecule has 0 amide bonds. The fourth-order valence-electron chi connectivity index (χ4n) is 4.93. The molecule has 5 rings (SSSR count). The fourth-order valence-corrected chi connectivity index (χ4v) is 7.66. The van der Waals surface area contributed by atoms with Gasteiger partial charge in [-0.05, 0) is 104 Å². The molecule has 0 bridgehead atoms. The summed E-state index contributed by atoms with van der Waals surface area (Å²) in [4.78, 5) is 12.6. The van der Waals surface area contributed by atoms with E-state index in [2.05, 4.69) is 56.9 Å². The van der Waals surface area contributed by atoms with Crippen molar-refractivity contribution in [1.82, 2.24) is 14.9 Å². The Balaban J connectivity index is 1.26. The Morgan fingerprint density at radius 2 is 2.00 bits per heavy atom. The second-order valence-corrected chi connectivity index (χ2v) is 12.6. The molecule has 3 aromatic rings. The molecule has 2 fully saturated rings. The van der Waals surface area contributed by atoms with E-state index in [0.717, 1.165) is 60.3 Å². The van der Waals surface area contributed by atoms with Gasteiger partial charge < -0.3 is 19.9 Å². The van der Waals surface area contributed by atoms with Gasteiger partial charge in [-0.1, -0.05) is 24.0 Å². The van der Waals surface area contributed by atoms with E-state index in [4.69, 9.17) is 20.0 Å². The summed E-state index contributed by atoms with van der Waals surface area (Å²) in [7, 11) is 2.18. The number of nitrogens with two attached hydrogens (primary N) is 1. The molecule has 37 heavy (non-hydrogen) atoms. The molecule has 2 aliphatic rings. The van der Waals surface area contributed by atoms with Crippen LogP contribution in [0.1, 0.15) is 60.6 Å². The molecule has 1 unspecified atom stereocenters. The summed E-state index contributed by atoms with van der Waals surface area (Å²) in [5, 5.41) is 1.21. The molecule has 6 nitrogen and oxygen atoms in total. The molecule has 9 heteroatoms. The van der Waals surface area contributed by atoms with Crippen LogP contribution in [-0.2, 0) is 11.1 Å². The first-order chi connectivity index (χ1) is 18.0. The fraction of sp³-hybridized carbons (Fsp3) is 0.429. The molecule has 3 heterocycles. The summed E-state index contributed by atoms with van der Waals surface area (Å²) in [5.74, 6) is 8.30. The van der Waals surface area contributed by atoms with E-state index in [-0.39, 0.29) is 5.60 Å². The van der Waals surface area contributed by atoms with Crippen LogP contribution in [0.15, 0.2) is 42.7 Å². The lowest BCUT2D eigenvalue weighted by Crippen LogP contribution is -2.29. The van der Waals surface area contributed by atoms with Crippen LogP contribution in [0.4, 0.5) is 5.82 Å². The van der Waals surface area contributed by atoms with Crippen LogP contribution in [-0.4, -0.2) is 40.6 Å². The third-order valence-corrected chi connectivity index (χ3v) is 9.50. The van der Waals surface area contributed by atoms with Crippen molar-refractivity contribution in [2.45, 2.75) is 56.7 Å². The first kappa shape index (κ1) is 26.8. The predicted octanol–water partition coefficient (Wildman–Crippen LogP) is 6.80. The van der Waals surface area contributed by atoms with Crippen molar-refractivity contribution in [3.63, 3.8) is 0 Å². The van der Waals surface area contributed by atoms with Gasteiger partial charge in [0.05, 0.1) is 16.3 Å². The molecule has 194 valence electrons. The summed E-state index contributed by atoms with van der Waals surface area (Å²) in [6.07, 6.45) is 10.5. The quantitative estimate of drug-likeness (QED) is 0.173. The number of nitrogens with zero attached hydrogens (tertiary/aromatic N) is 3. The maximum Gasteiger partial charge on any atom is 0.166 e. The summed E-state index contributed by atoms with van der Waals surface area (Å²) < 4.78 is 12.2. The number of likely N-dealkylation sites (tertiary alicyclic amines) is 1. The maximum atomic E-state index is 6.17. The predicted molar refractivity (Wildman–Crippen MR) is 162 cm³/mol. The first-order valence-corrected chi connectivity index (χ1v) is 17.6. The Labute approximate surface area is 238 Å². The van der Waals surface area contributed by atoms with Gasteiger partial charge in [-0.15, -0.1) is 11.3 Å². The third-order valence-electron chi connectivity index (χ3n) is 7.16. The van der Waals surface area contributed by atoms with E-state index in [1.165, 1.54) is 17.8 Å². The lowest BCUT2D eigenvalue weighted by molar-refractivity contribution is 0.169. The van der Waals surface area contributed by atoms with Crippen molar-refractivity contribution in [3.8, 4) is 28.0 Å². The van der Waals surface area contributed by atoms with Crippen molar-refractivity contribution >= 4 is 45.6 Å². The standard InChI is InChI=1S/C28H32IN4O2PS/c1-33-13-8-22(9-14-33)27-32-18-25(37-27)23-16-24(26(30)31-17-23)34-19-21-6-4-5-20(15-21)7-12-28(35-36-29)10-2-3-11-28/h4-6,15-18,22,36H,2-3,8-11,13-14,19H2,1H3,(H2,30,31). The zero-order valence-corrected chi connectivity index (χ0v) is 25.0. The van der Waals surface area contributed by atoms with Gasteiger partial charge >= 0.3 is 0 Å². The smallest absolute Gasteiger partial charge is 0.166 e. The Morgan fingerprint density at radius 1 is 1.19 bits per heavy atom. The summed E-state index contributed by atoms with van der Waals surface area (Å²) in [5.41, 5.74) is 8.88. The number of nitrogen functional groups attached to an aromatic ring is 1. The van der Waals surface area contributed by atoms with E-state index < -0.39 is 0 Å². The molecule has 1 aliphatic heterocycles. The Hall–Kier alpha value is -1.76. The zero-order valence-electron chi connectivity index (χ0n) is 21.0. The molecule has 1 saturated heterocycles. The van der Waals surface area contributed by atoms with Crippen LogP contribution in [0, 0.1) is 11.8 Å². The topological polar surface area (TPSA) is 73.5 Å². The number of anilines is 1. The Bertz CT molecular complexity index is 1280. The lowest BCUT2D eigenvalue weighted by Gasteiger charge is -2.27. The average molecular weight is 647 g/mol. The molecular formula is C28H32IN4O2PS. The number of ether oxygens (including phenoxy) is 1.